The molecule has 0 aromatic heterocycles. The molecule has 1 rings (SSSR count). The van der Waals surface area contributed by atoms with E-state index < -0.39 is 0 Å². The first-order valence-electron chi connectivity index (χ1n) is 6.65. The predicted octanol–water partition coefficient (Wildman–Crippen LogP) is 3.09. The van der Waals surface area contributed by atoms with Gasteiger partial charge >= 0.3 is 0 Å². The molecule has 1 amide bonds. The van der Waals surface area contributed by atoms with Crippen molar-refractivity contribution < 1.29 is 4.79 Å². The van der Waals surface area contributed by atoms with Gasteiger partial charge in [-0.05, 0) is 23.1 Å². The highest BCUT2D eigenvalue weighted by atomic mass is 16.1. The zero-order chi connectivity index (χ0) is 14.3. The number of carbonyl (C=O) groups is 1. The molecule has 0 unspecified atom stereocenters. The summed E-state index contributed by atoms with van der Waals surface area (Å²) in [7, 11) is 0. The quantitative estimate of drug-likeness (QED) is 0.609. The maximum atomic E-state index is 11.7. The smallest absolute Gasteiger partial charge is 0.225 e. The molecule has 1 aromatic rings. The third kappa shape index (κ3) is 5.71. The Morgan fingerprint density at radius 3 is 2.42 bits per heavy atom. The molecule has 2 N–H and O–H groups in total. The van der Waals surface area contributed by atoms with Crippen LogP contribution < -0.4 is 10.6 Å². The van der Waals surface area contributed by atoms with E-state index in [-0.39, 0.29) is 11.3 Å². The fraction of sp³-hybridized carbons (Fsp3) is 0.438. The zero-order valence-corrected chi connectivity index (χ0v) is 12.1. The van der Waals surface area contributed by atoms with Crippen LogP contribution in [0.3, 0.4) is 0 Å². The first kappa shape index (κ1) is 15.4. The van der Waals surface area contributed by atoms with Gasteiger partial charge in [-0.3, -0.25) is 4.79 Å². The van der Waals surface area contributed by atoms with Gasteiger partial charge in [0.1, 0.15) is 0 Å². The van der Waals surface area contributed by atoms with Crippen LogP contribution in [0.15, 0.2) is 36.9 Å². The molecule has 0 spiro atoms. The maximum absolute atomic E-state index is 11.7. The van der Waals surface area contributed by atoms with Crippen LogP contribution in [0.25, 0.3) is 0 Å². The summed E-state index contributed by atoms with van der Waals surface area (Å²) in [6.07, 6.45) is 2.25. The van der Waals surface area contributed by atoms with E-state index in [1.54, 1.807) is 6.08 Å². The second-order valence-corrected chi connectivity index (χ2v) is 5.62. The SMILES string of the molecule is C=CCNCCC(=O)Nc1ccc(C(C)(C)C)cc1. The Morgan fingerprint density at radius 1 is 1.26 bits per heavy atom. The van der Waals surface area contributed by atoms with Gasteiger partial charge in [-0.25, -0.2) is 0 Å². The molecule has 0 saturated heterocycles. The van der Waals surface area contributed by atoms with E-state index in [9.17, 15) is 4.79 Å². The molecule has 19 heavy (non-hydrogen) atoms. The molecule has 0 aliphatic heterocycles. The topological polar surface area (TPSA) is 41.1 Å². The third-order valence-electron chi connectivity index (χ3n) is 2.85. The molecule has 0 aliphatic rings. The first-order chi connectivity index (χ1) is 8.93. The molecule has 0 radical (unpaired) electrons. The van der Waals surface area contributed by atoms with Crippen molar-refractivity contribution in [3.63, 3.8) is 0 Å². The van der Waals surface area contributed by atoms with Gasteiger partial charge in [-0.2, -0.15) is 0 Å². The lowest BCUT2D eigenvalue weighted by molar-refractivity contribution is -0.116. The van der Waals surface area contributed by atoms with Crippen molar-refractivity contribution in [2.75, 3.05) is 18.4 Å². The molecular formula is C16H24N2O. The van der Waals surface area contributed by atoms with E-state index in [1.807, 2.05) is 12.1 Å². The van der Waals surface area contributed by atoms with Gasteiger partial charge in [0, 0.05) is 25.2 Å². The van der Waals surface area contributed by atoms with Crippen molar-refractivity contribution in [3.05, 3.63) is 42.5 Å². The average molecular weight is 260 g/mol. The summed E-state index contributed by atoms with van der Waals surface area (Å²) in [6, 6.07) is 8.03. The van der Waals surface area contributed by atoms with Crippen molar-refractivity contribution in [1.82, 2.24) is 5.32 Å². The van der Waals surface area contributed by atoms with Gasteiger partial charge in [0.05, 0.1) is 0 Å². The molecule has 0 atom stereocenters. The van der Waals surface area contributed by atoms with Gasteiger partial charge in [-0.1, -0.05) is 39.0 Å². The minimum atomic E-state index is 0.0278. The van der Waals surface area contributed by atoms with E-state index in [0.717, 1.165) is 12.2 Å². The molecular weight excluding hydrogens is 236 g/mol. The van der Waals surface area contributed by atoms with Gasteiger partial charge in [0.2, 0.25) is 5.91 Å². The van der Waals surface area contributed by atoms with Gasteiger partial charge in [0.15, 0.2) is 0 Å². The van der Waals surface area contributed by atoms with Crippen molar-refractivity contribution in [2.24, 2.45) is 0 Å². The molecule has 0 bridgehead atoms. The van der Waals surface area contributed by atoms with Gasteiger partial charge < -0.3 is 10.6 Å². The van der Waals surface area contributed by atoms with E-state index in [4.69, 9.17) is 0 Å². The predicted molar refractivity (Wildman–Crippen MR) is 81.5 cm³/mol. The van der Waals surface area contributed by atoms with Crippen LogP contribution in [0.1, 0.15) is 32.8 Å². The van der Waals surface area contributed by atoms with Crippen LogP contribution in [0, 0.1) is 0 Å². The number of hydrogen-bond donors (Lipinski definition) is 2. The molecule has 104 valence electrons. The van der Waals surface area contributed by atoms with Crippen LogP contribution >= 0.6 is 0 Å². The Kier molecular flexibility index (Phi) is 5.77. The molecule has 1 aromatic carbocycles. The lowest BCUT2D eigenvalue weighted by Crippen LogP contribution is -2.21. The average Bonchev–Trinajstić information content (AvgIpc) is 2.34. The molecule has 3 heteroatoms. The Hall–Kier alpha value is -1.61. The van der Waals surface area contributed by atoms with E-state index in [1.165, 1.54) is 5.56 Å². The second-order valence-electron chi connectivity index (χ2n) is 5.62. The normalized spacial score (nSPS) is 11.1. The highest BCUT2D eigenvalue weighted by Crippen LogP contribution is 2.23. The number of benzene rings is 1. The van der Waals surface area contributed by atoms with E-state index in [0.29, 0.717) is 13.0 Å². The monoisotopic (exact) mass is 260 g/mol. The second kappa shape index (κ2) is 7.10. The summed E-state index contributed by atoms with van der Waals surface area (Å²) in [6.45, 7) is 11.5. The molecule has 0 saturated carbocycles. The highest BCUT2D eigenvalue weighted by Gasteiger charge is 2.13. The van der Waals surface area contributed by atoms with Crippen LogP contribution in [0.2, 0.25) is 0 Å². The van der Waals surface area contributed by atoms with E-state index in [2.05, 4.69) is 50.1 Å². The van der Waals surface area contributed by atoms with Gasteiger partial charge in [-0.15, -0.1) is 6.58 Å². The number of nitrogens with one attached hydrogen (secondary N) is 2. The third-order valence-corrected chi connectivity index (χ3v) is 2.85. The van der Waals surface area contributed by atoms with Crippen LogP contribution in [0.5, 0.6) is 0 Å². The molecule has 0 aliphatic carbocycles. The largest absolute Gasteiger partial charge is 0.326 e. The summed E-state index contributed by atoms with van der Waals surface area (Å²) in [5.74, 6) is 0.0278. The standard InChI is InChI=1S/C16H24N2O/c1-5-11-17-12-10-15(19)18-14-8-6-13(7-9-14)16(2,3)4/h5-9,17H,1,10-12H2,2-4H3,(H,18,19). The van der Waals surface area contributed by atoms with Crippen LogP contribution in [0.4, 0.5) is 5.69 Å². The number of carbonyl (C=O) groups excluding carboxylic acids is 1. The fourth-order valence-corrected chi connectivity index (χ4v) is 1.68. The van der Waals surface area contributed by atoms with Crippen LogP contribution in [-0.2, 0) is 10.2 Å². The zero-order valence-electron chi connectivity index (χ0n) is 12.1. The van der Waals surface area contributed by atoms with Gasteiger partial charge in [0.25, 0.3) is 0 Å². The first-order valence-corrected chi connectivity index (χ1v) is 6.65. The summed E-state index contributed by atoms with van der Waals surface area (Å²) < 4.78 is 0. The summed E-state index contributed by atoms with van der Waals surface area (Å²) in [4.78, 5) is 11.7. The minimum absolute atomic E-state index is 0.0278. The Balaban J connectivity index is 2.45. The fourth-order valence-electron chi connectivity index (χ4n) is 1.68. The number of rotatable bonds is 6. The number of anilines is 1. The number of amides is 1. The molecule has 0 fully saturated rings. The van der Waals surface area contributed by atoms with Crippen molar-refractivity contribution in [3.8, 4) is 0 Å². The Bertz CT molecular complexity index is 415. The Labute approximate surface area is 116 Å². The molecule has 3 nitrogen and oxygen atoms in total. The maximum Gasteiger partial charge on any atom is 0.225 e. The summed E-state index contributed by atoms with van der Waals surface area (Å²) in [5.41, 5.74) is 2.25. The Morgan fingerprint density at radius 2 is 1.89 bits per heavy atom. The lowest BCUT2D eigenvalue weighted by Gasteiger charge is -2.19. The van der Waals surface area contributed by atoms with Crippen LogP contribution in [-0.4, -0.2) is 19.0 Å². The lowest BCUT2D eigenvalue weighted by atomic mass is 9.87. The highest BCUT2D eigenvalue weighted by molar-refractivity contribution is 5.90. The summed E-state index contributed by atoms with van der Waals surface area (Å²) in [5, 5.41) is 5.99. The van der Waals surface area contributed by atoms with Crippen molar-refractivity contribution in [1.29, 1.82) is 0 Å². The minimum Gasteiger partial charge on any atom is -0.326 e. The van der Waals surface area contributed by atoms with Crippen molar-refractivity contribution >= 4 is 11.6 Å². The van der Waals surface area contributed by atoms with E-state index >= 15 is 0 Å². The number of hydrogen-bond acceptors (Lipinski definition) is 2. The van der Waals surface area contributed by atoms with Crippen molar-refractivity contribution in [2.45, 2.75) is 32.6 Å². The summed E-state index contributed by atoms with van der Waals surface area (Å²) >= 11 is 0. The molecule has 0 heterocycles.